The summed E-state index contributed by atoms with van der Waals surface area (Å²) in [6, 6.07) is 5.31. The van der Waals surface area contributed by atoms with Crippen LogP contribution in [0.2, 0.25) is 0 Å². The Bertz CT molecular complexity index is 408. The van der Waals surface area contributed by atoms with Crippen LogP contribution in [0.5, 0.6) is 5.75 Å². The van der Waals surface area contributed by atoms with Crippen LogP contribution in [0.3, 0.4) is 0 Å². The molecule has 92 valence electrons. The van der Waals surface area contributed by atoms with Gasteiger partial charge < -0.3 is 14.2 Å². The highest BCUT2D eigenvalue weighted by molar-refractivity contribution is 5.91. The van der Waals surface area contributed by atoms with Crippen molar-refractivity contribution in [1.29, 1.82) is 0 Å². The lowest BCUT2D eigenvalue weighted by atomic mass is 10.1. The highest BCUT2D eigenvalue weighted by Crippen LogP contribution is 2.19. The van der Waals surface area contributed by atoms with Gasteiger partial charge in [0.05, 0.1) is 25.9 Å². The SMILES string of the molecule is COc1ccc(C(=O)O[C@H]2CCOC2)c(C)c1. The summed E-state index contributed by atoms with van der Waals surface area (Å²) in [6.45, 7) is 3.03. The standard InChI is InChI=1S/C13H16O4/c1-9-7-10(15-2)3-4-12(9)13(14)17-11-5-6-16-8-11/h3-4,7,11H,5-6,8H2,1-2H3/t11-/m0/s1. The molecule has 0 aromatic heterocycles. The van der Waals surface area contributed by atoms with Crippen LogP contribution in [0.15, 0.2) is 18.2 Å². The molecule has 1 atom stereocenters. The molecule has 4 nitrogen and oxygen atoms in total. The topological polar surface area (TPSA) is 44.8 Å². The van der Waals surface area contributed by atoms with Gasteiger partial charge in [0, 0.05) is 6.42 Å². The predicted molar refractivity (Wildman–Crippen MR) is 62.4 cm³/mol. The third-order valence-electron chi connectivity index (χ3n) is 2.82. The molecule has 1 fully saturated rings. The Morgan fingerprint density at radius 1 is 1.47 bits per heavy atom. The first-order valence-corrected chi connectivity index (χ1v) is 5.64. The molecule has 1 saturated heterocycles. The number of rotatable bonds is 3. The number of hydrogen-bond acceptors (Lipinski definition) is 4. The molecule has 17 heavy (non-hydrogen) atoms. The number of benzene rings is 1. The lowest BCUT2D eigenvalue weighted by molar-refractivity contribution is 0.0270. The van der Waals surface area contributed by atoms with Crippen molar-refractivity contribution in [2.75, 3.05) is 20.3 Å². The maximum Gasteiger partial charge on any atom is 0.338 e. The van der Waals surface area contributed by atoms with E-state index in [1.165, 1.54) is 0 Å². The van der Waals surface area contributed by atoms with Crippen molar-refractivity contribution >= 4 is 5.97 Å². The normalized spacial score (nSPS) is 19.1. The van der Waals surface area contributed by atoms with Crippen LogP contribution in [-0.4, -0.2) is 32.4 Å². The summed E-state index contributed by atoms with van der Waals surface area (Å²) in [4.78, 5) is 11.9. The maximum atomic E-state index is 11.9. The van der Waals surface area contributed by atoms with Crippen LogP contribution >= 0.6 is 0 Å². The van der Waals surface area contributed by atoms with Crippen molar-refractivity contribution in [3.8, 4) is 5.75 Å². The molecule has 0 amide bonds. The van der Waals surface area contributed by atoms with E-state index in [2.05, 4.69) is 0 Å². The fourth-order valence-corrected chi connectivity index (χ4v) is 1.81. The number of carbonyl (C=O) groups excluding carboxylic acids is 1. The van der Waals surface area contributed by atoms with E-state index in [4.69, 9.17) is 14.2 Å². The summed E-state index contributed by atoms with van der Waals surface area (Å²) in [5.74, 6) is 0.448. The number of esters is 1. The molecule has 1 heterocycles. The van der Waals surface area contributed by atoms with Crippen LogP contribution in [0.4, 0.5) is 0 Å². The zero-order chi connectivity index (χ0) is 12.3. The number of ether oxygens (including phenoxy) is 3. The molecule has 4 heteroatoms. The van der Waals surface area contributed by atoms with E-state index in [1.807, 2.05) is 13.0 Å². The molecule has 0 radical (unpaired) electrons. The lowest BCUT2D eigenvalue weighted by Gasteiger charge is -2.12. The fraction of sp³-hybridized carbons (Fsp3) is 0.462. The number of methoxy groups -OCH3 is 1. The zero-order valence-electron chi connectivity index (χ0n) is 10.1. The fourth-order valence-electron chi connectivity index (χ4n) is 1.81. The van der Waals surface area contributed by atoms with E-state index in [1.54, 1.807) is 19.2 Å². The van der Waals surface area contributed by atoms with Gasteiger partial charge in [0.2, 0.25) is 0 Å². The second-order valence-corrected chi connectivity index (χ2v) is 4.07. The van der Waals surface area contributed by atoms with Gasteiger partial charge in [0.25, 0.3) is 0 Å². The number of aryl methyl sites for hydroxylation is 1. The monoisotopic (exact) mass is 236 g/mol. The first kappa shape index (κ1) is 11.9. The number of hydrogen-bond donors (Lipinski definition) is 0. The van der Waals surface area contributed by atoms with E-state index < -0.39 is 0 Å². The quantitative estimate of drug-likeness (QED) is 0.752. The molecule has 1 aromatic rings. The van der Waals surface area contributed by atoms with Gasteiger partial charge in [-0.2, -0.15) is 0 Å². The van der Waals surface area contributed by atoms with Crippen molar-refractivity contribution in [3.05, 3.63) is 29.3 Å². The predicted octanol–water partition coefficient (Wildman–Crippen LogP) is 1.95. The second kappa shape index (κ2) is 5.19. The Labute approximate surface area is 100 Å². The van der Waals surface area contributed by atoms with Gasteiger partial charge in [0.1, 0.15) is 11.9 Å². The average molecular weight is 236 g/mol. The minimum Gasteiger partial charge on any atom is -0.497 e. The minimum atomic E-state index is -0.291. The summed E-state index contributed by atoms with van der Waals surface area (Å²) in [5, 5.41) is 0. The van der Waals surface area contributed by atoms with E-state index in [9.17, 15) is 4.79 Å². The molecule has 2 rings (SSSR count). The molecule has 0 spiro atoms. The Morgan fingerprint density at radius 3 is 2.88 bits per heavy atom. The molecule has 0 unspecified atom stereocenters. The lowest BCUT2D eigenvalue weighted by Crippen LogP contribution is -2.18. The van der Waals surface area contributed by atoms with E-state index >= 15 is 0 Å². The van der Waals surface area contributed by atoms with Gasteiger partial charge in [-0.25, -0.2) is 4.79 Å². The molecular formula is C13H16O4. The van der Waals surface area contributed by atoms with Gasteiger partial charge in [-0.15, -0.1) is 0 Å². The van der Waals surface area contributed by atoms with Crippen LogP contribution in [0.25, 0.3) is 0 Å². The molecule has 1 aliphatic heterocycles. The smallest absolute Gasteiger partial charge is 0.338 e. The van der Waals surface area contributed by atoms with Crippen LogP contribution < -0.4 is 4.74 Å². The summed E-state index contributed by atoms with van der Waals surface area (Å²) in [7, 11) is 1.60. The average Bonchev–Trinajstić information content (AvgIpc) is 2.81. The maximum absolute atomic E-state index is 11.9. The van der Waals surface area contributed by atoms with Gasteiger partial charge in [0.15, 0.2) is 0 Å². The van der Waals surface area contributed by atoms with Crippen molar-refractivity contribution in [2.45, 2.75) is 19.4 Å². The first-order chi connectivity index (χ1) is 8.20. The zero-order valence-corrected chi connectivity index (χ0v) is 10.1. The van der Waals surface area contributed by atoms with Crippen LogP contribution in [0.1, 0.15) is 22.3 Å². The van der Waals surface area contributed by atoms with Crippen LogP contribution in [-0.2, 0) is 9.47 Å². The summed E-state index contributed by atoms with van der Waals surface area (Å²) in [5.41, 5.74) is 1.44. The van der Waals surface area contributed by atoms with E-state index in [0.29, 0.717) is 18.8 Å². The molecule has 1 aromatic carbocycles. The van der Waals surface area contributed by atoms with Gasteiger partial charge in [-0.05, 0) is 30.7 Å². The summed E-state index contributed by atoms with van der Waals surface area (Å²) in [6.07, 6.45) is 0.671. The first-order valence-electron chi connectivity index (χ1n) is 5.64. The van der Waals surface area contributed by atoms with Crippen LogP contribution in [0, 0.1) is 6.92 Å². The molecule has 0 aliphatic carbocycles. The van der Waals surface area contributed by atoms with E-state index in [0.717, 1.165) is 17.7 Å². The second-order valence-electron chi connectivity index (χ2n) is 4.07. The largest absolute Gasteiger partial charge is 0.497 e. The molecule has 1 aliphatic rings. The molecule has 0 saturated carbocycles. The Kier molecular flexibility index (Phi) is 3.64. The Hall–Kier alpha value is -1.55. The highest BCUT2D eigenvalue weighted by Gasteiger charge is 2.21. The number of carbonyl (C=O) groups is 1. The minimum absolute atomic E-state index is 0.107. The van der Waals surface area contributed by atoms with Crippen molar-refractivity contribution in [1.82, 2.24) is 0 Å². The van der Waals surface area contributed by atoms with Gasteiger partial charge in [-0.1, -0.05) is 0 Å². The van der Waals surface area contributed by atoms with Crippen molar-refractivity contribution < 1.29 is 19.0 Å². The third-order valence-corrected chi connectivity index (χ3v) is 2.82. The molecule has 0 N–H and O–H groups in total. The molecular weight excluding hydrogens is 220 g/mol. The highest BCUT2D eigenvalue weighted by atomic mass is 16.6. The Morgan fingerprint density at radius 2 is 2.29 bits per heavy atom. The van der Waals surface area contributed by atoms with Gasteiger partial charge >= 0.3 is 5.97 Å². The van der Waals surface area contributed by atoms with Crippen molar-refractivity contribution in [2.24, 2.45) is 0 Å². The Balaban J connectivity index is 2.07. The summed E-state index contributed by atoms with van der Waals surface area (Å²) < 4.78 is 15.6. The van der Waals surface area contributed by atoms with E-state index in [-0.39, 0.29) is 12.1 Å². The molecule has 0 bridgehead atoms. The van der Waals surface area contributed by atoms with Gasteiger partial charge in [-0.3, -0.25) is 0 Å². The van der Waals surface area contributed by atoms with Crippen molar-refractivity contribution in [3.63, 3.8) is 0 Å². The third kappa shape index (κ3) is 2.77. The summed E-state index contributed by atoms with van der Waals surface area (Å²) >= 11 is 0.